The quantitative estimate of drug-likeness (QED) is 0.546. The molecule has 2 aromatic carbocycles. The Labute approximate surface area is 130 Å². The predicted octanol–water partition coefficient (Wildman–Crippen LogP) is 4.94. The second-order valence-electron chi connectivity index (χ2n) is 4.27. The topological polar surface area (TPSA) is 61.6 Å². The zero-order chi connectivity index (χ0) is 15.2. The van der Waals surface area contributed by atoms with Crippen molar-refractivity contribution in [1.82, 2.24) is 0 Å². The van der Waals surface area contributed by atoms with Crippen molar-refractivity contribution in [3.8, 4) is 17.2 Å². The summed E-state index contributed by atoms with van der Waals surface area (Å²) in [6, 6.07) is 11.9. The first-order valence-electron chi connectivity index (χ1n) is 6.45. The van der Waals surface area contributed by atoms with Gasteiger partial charge in [-0.15, -0.1) is 0 Å². The van der Waals surface area contributed by atoms with Crippen LogP contribution in [-0.2, 0) is 0 Å². The van der Waals surface area contributed by atoms with Crippen LogP contribution in [-0.4, -0.2) is 11.5 Å². The molecule has 0 unspecified atom stereocenters. The maximum atomic E-state index is 11.0. The van der Waals surface area contributed by atoms with E-state index < -0.39 is 4.92 Å². The van der Waals surface area contributed by atoms with Crippen molar-refractivity contribution in [1.29, 1.82) is 0 Å². The summed E-state index contributed by atoms with van der Waals surface area (Å²) in [4.78, 5) is 10.5. The summed E-state index contributed by atoms with van der Waals surface area (Å²) in [5.41, 5.74) is -0.0667. The van der Waals surface area contributed by atoms with E-state index in [0.717, 1.165) is 10.9 Å². The lowest BCUT2D eigenvalue weighted by molar-refractivity contribution is -0.385. The van der Waals surface area contributed by atoms with E-state index in [1.807, 2.05) is 25.1 Å². The van der Waals surface area contributed by atoms with Crippen LogP contribution in [0.5, 0.6) is 17.2 Å². The Morgan fingerprint density at radius 2 is 1.95 bits per heavy atom. The van der Waals surface area contributed by atoms with Gasteiger partial charge in [0.2, 0.25) is 5.75 Å². The number of rotatable bonds is 6. The van der Waals surface area contributed by atoms with E-state index in [2.05, 4.69) is 15.9 Å². The molecule has 0 aromatic heterocycles. The van der Waals surface area contributed by atoms with Crippen molar-refractivity contribution in [2.24, 2.45) is 0 Å². The second kappa shape index (κ2) is 7.08. The van der Waals surface area contributed by atoms with Gasteiger partial charge in [0, 0.05) is 12.1 Å². The minimum Gasteiger partial charge on any atom is -0.487 e. The average Bonchev–Trinajstić information content (AvgIpc) is 2.47. The van der Waals surface area contributed by atoms with Crippen molar-refractivity contribution in [2.75, 3.05) is 6.61 Å². The molecule has 0 saturated carbocycles. The number of hydrogen-bond acceptors (Lipinski definition) is 4. The SMILES string of the molecule is CCCOc1cc(Oc2ccccc2Br)ccc1[N+](=O)[O-]. The molecule has 2 aromatic rings. The lowest BCUT2D eigenvalue weighted by atomic mass is 10.2. The monoisotopic (exact) mass is 351 g/mol. The molecule has 0 aliphatic carbocycles. The van der Waals surface area contributed by atoms with Gasteiger partial charge < -0.3 is 9.47 Å². The molecule has 0 aliphatic rings. The lowest BCUT2D eigenvalue weighted by Crippen LogP contribution is -1.99. The molecular formula is C15H14BrNO4. The van der Waals surface area contributed by atoms with Crippen LogP contribution < -0.4 is 9.47 Å². The normalized spacial score (nSPS) is 10.2. The zero-order valence-corrected chi connectivity index (χ0v) is 13.0. The number of nitro benzene ring substituents is 1. The fourth-order valence-electron chi connectivity index (χ4n) is 1.69. The first-order chi connectivity index (χ1) is 10.1. The highest BCUT2D eigenvalue weighted by Crippen LogP contribution is 2.35. The standard InChI is InChI=1S/C15H14BrNO4/c1-2-9-20-15-10-11(7-8-13(15)17(18)19)21-14-6-4-3-5-12(14)16/h3-8,10H,2,9H2,1H3. The maximum Gasteiger partial charge on any atom is 0.311 e. The number of ether oxygens (including phenoxy) is 2. The van der Waals surface area contributed by atoms with Gasteiger partial charge in [-0.3, -0.25) is 10.1 Å². The molecule has 0 spiro atoms. The number of halogens is 1. The van der Waals surface area contributed by atoms with Gasteiger partial charge in [0.15, 0.2) is 0 Å². The third-order valence-electron chi connectivity index (χ3n) is 2.65. The van der Waals surface area contributed by atoms with Crippen LogP contribution in [0, 0.1) is 10.1 Å². The molecule has 2 rings (SSSR count). The van der Waals surface area contributed by atoms with E-state index in [4.69, 9.17) is 9.47 Å². The van der Waals surface area contributed by atoms with E-state index in [0.29, 0.717) is 18.1 Å². The van der Waals surface area contributed by atoms with Gasteiger partial charge in [0.25, 0.3) is 0 Å². The predicted molar refractivity (Wildman–Crippen MR) is 83.1 cm³/mol. The average molecular weight is 352 g/mol. The van der Waals surface area contributed by atoms with E-state index in [9.17, 15) is 10.1 Å². The summed E-state index contributed by atoms with van der Waals surface area (Å²) in [6.07, 6.45) is 0.770. The summed E-state index contributed by atoms with van der Waals surface area (Å²) < 4.78 is 11.9. The van der Waals surface area contributed by atoms with Crippen LogP contribution in [0.15, 0.2) is 46.9 Å². The number of nitro groups is 1. The zero-order valence-electron chi connectivity index (χ0n) is 11.4. The number of hydrogen-bond donors (Lipinski definition) is 0. The second-order valence-corrected chi connectivity index (χ2v) is 5.12. The maximum absolute atomic E-state index is 11.0. The highest BCUT2D eigenvalue weighted by Gasteiger charge is 2.16. The van der Waals surface area contributed by atoms with Crippen molar-refractivity contribution < 1.29 is 14.4 Å². The first-order valence-corrected chi connectivity index (χ1v) is 7.24. The van der Waals surface area contributed by atoms with Gasteiger partial charge in [-0.2, -0.15) is 0 Å². The molecule has 0 radical (unpaired) electrons. The molecule has 0 atom stereocenters. The van der Waals surface area contributed by atoms with E-state index in [1.165, 1.54) is 12.1 Å². The smallest absolute Gasteiger partial charge is 0.311 e. The molecule has 5 nitrogen and oxygen atoms in total. The van der Waals surface area contributed by atoms with Gasteiger partial charge in [0.05, 0.1) is 16.0 Å². The van der Waals surface area contributed by atoms with Gasteiger partial charge in [0.1, 0.15) is 11.5 Å². The molecule has 0 fully saturated rings. The van der Waals surface area contributed by atoms with Crippen LogP contribution in [0.2, 0.25) is 0 Å². The van der Waals surface area contributed by atoms with Crippen LogP contribution in [0.25, 0.3) is 0 Å². The van der Waals surface area contributed by atoms with Gasteiger partial charge in [-0.1, -0.05) is 19.1 Å². The van der Waals surface area contributed by atoms with Crippen LogP contribution in [0.1, 0.15) is 13.3 Å². The molecule has 6 heteroatoms. The molecule has 110 valence electrons. The van der Waals surface area contributed by atoms with E-state index in [1.54, 1.807) is 12.1 Å². The summed E-state index contributed by atoms with van der Waals surface area (Å²) in [5, 5.41) is 11.0. The molecule has 0 N–H and O–H groups in total. The Morgan fingerprint density at radius 1 is 1.19 bits per heavy atom. The van der Waals surface area contributed by atoms with Crippen molar-refractivity contribution in [3.05, 3.63) is 57.1 Å². The van der Waals surface area contributed by atoms with E-state index >= 15 is 0 Å². The lowest BCUT2D eigenvalue weighted by Gasteiger charge is -2.10. The van der Waals surface area contributed by atoms with Crippen LogP contribution in [0.4, 0.5) is 5.69 Å². The Kier molecular flexibility index (Phi) is 5.16. The van der Waals surface area contributed by atoms with Crippen LogP contribution in [0.3, 0.4) is 0 Å². The third-order valence-corrected chi connectivity index (χ3v) is 3.31. The molecule has 0 heterocycles. The molecule has 21 heavy (non-hydrogen) atoms. The van der Waals surface area contributed by atoms with Crippen molar-refractivity contribution in [2.45, 2.75) is 13.3 Å². The minimum absolute atomic E-state index is 0.0667. The number of para-hydroxylation sites is 1. The molecule has 0 bridgehead atoms. The van der Waals surface area contributed by atoms with Gasteiger partial charge in [-0.05, 0) is 40.5 Å². The van der Waals surface area contributed by atoms with Gasteiger partial charge >= 0.3 is 5.69 Å². The minimum atomic E-state index is -0.465. The third kappa shape index (κ3) is 3.95. The van der Waals surface area contributed by atoms with Gasteiger partial charge in [-0.25, -0.2) is 0 Å². The summed E-state index contributed by atoms with van der Waals surface area (Å²) in [7, 11) is 0. The largest absolute Gasteiger partial charge is 0.487 e. The Hall–Kier alpha value is -2.08. The fourth-order valence-corrected chi connectivity index (χ4v) is 2.06. The van der Waals surface area contributed by atoms with Crippen LogP contribution >= 0.6 is 15.9 Å². The number of benzene rings is 2. The molecule has 0 amide bonds. The van der Waals surface area contributed by atoms with Crippen molar-refractivity contribution in [3.63, 3.8) is 0 Å². The highest BCUT2D eigenvalue weighted by atomic mass is 79.9. The summed E-state index contributed by atoms with van der Waals surface area (Å²) >= 11 is 3.39. The Bertz CT molecular complexity index is 645. The van der Waals surface area contributed by atoms with E-state index in [-0.39, 0.29) is 11.4 Å². The molecular weight excluding hydrogens is 338 g/mol. The first kappa shape index (κ1) is 15.3. The Morgan fingerprint density at radius 3 is 2.62 bits per heavy atom. The summed E-state index contributed by atoms with van der Waals surface area (Å²) in [5.74, 6) is 1.33. The Balaban J connectivity index is 2.28. The molecule has 0 aliphatic heterocycles. The summed E-state index contributed by atoms with van der Waals surface area (Å²) in [6.45, 7) is 2.35. The number of nitrogens with zero attached hydrogens (tertiary/aromatic N) is 1. The van der Waals surface area contributed by atoms with Crippen molar-refractivity contribution >= 4 is 21.6 Å². The molecule has 0 saturated heterocycles. The fraction of sp³-hybridized carbons (Fsp3) is 0.200. The highest BCUT2D eigenvalue weighted by molar-refractivity contribution is 9.10.